The molecule has 5 nitrogen and oxygen atoms in total. The van der Waals surface area contributed by atoms with Gasteiger partial charge >= 0.3 is 5.97 Å². The lowest BCUT2D eigenvalue weighted by Gasteiger charge is -2.03. The van der Waals surface area contributed by atoms with E-state index in [1.54, 1.807) is 6.20 Å². The monoisotopic (exact) mass is 337 g/mol. The van der Waals surface area contributed by atoms with Gasteiger partial charge in [-0.15, -0.1) is 5.10 Å². The zero-order chi connectivity index (χ0) is 17.3. The smallest absolute Gasteiger partial charge is 0.303 e. The first-order chi connectivity index (χ1) is 11.8. The van der Waals surface area contributed by atoms with Crippen molar-refractivity contribution >= 4 is 5.97 Å². The fraction of sp³-hybridized carbons (Fsp3) is 0.842. The van der Waals surface area contributed by atoms with Crippen LogP contribution in [0.2, 0.25) is 0 Å². The van der Waals surface area contributed by atoms with Gasteiger partial charge in [-0.2, -0.15) is 0 Å². The Hall–Kier alpha value is -1.39. The predicted octanol–water partition coefficient (Wildman–Crippen LogP) is 5.21. The van der Waals surface area contributed by atoms with Crippen LogP contribution in [0.4, 0.5) is 0 Å². The van der Waals surface area contributed by atoms with Gasteiger partial charge in [0.1, 0.15) is 0 Å². The van der Waals surface area contributed by atoms with E-state index in [1.807, 2.05) is 10.9 Å². The topological polar surface area (TPSA) is 68.0 Å². The van der Waals surface area contributed by atoms with Crippen molar-refractivity contribution in [2.45, 2.75) is 103 Å². The summed E-state index contributed by atoms with van der Waals surface area (Å²) in [6.07, 6.45) is 21.7. The number of carbonyl (C=O) groups is 1. The Balaban J connectivity index is 1.68. The van der Waals surface area contributed by atoms with Crippen LogP contribution in [0.5, 0.6) is 0 Å². The summed E-state index contributed by atoms with van der Waals surface area (Å²) in [4.78, 5) is 10.4. The zero-order valence-corrected chi connectivity index (χ0v) is 15.2. The van der Waals surface area contributed by atoms with Crippen LogP contribution in [0.25, 0.3) is 0 Å². The average molecular weight is 338 g/mol. The Bertz CT molecular complexity index is 393. The number of unbranched alkanes of at least 4 members (excludes halogenated alkanes) is 13. The number of hydrogen-bond acceptors (Lipinski definition) is 3. The summed E-state index contributed by atoms with van der Waals surface area (Å²) in [6.45, 7) is 0.996. The quantitative estimate of drug-likeness (QED) is 0.396. The lowest BCUT2D eigenvalue weighted by atomic mass is 10.0. The van der Waals surface area contributed by atoms with Crippen LogP contribution in [-0.2, 0) is 11.3 Å². The molecule has 24 heavy (non-hydrogen) atoms. The van der Waals surface area contributed by atoms with Gasteiger partial charge < -0.3 is 5.11 Å². The highest BCUT2D eigenvalue weighted by Crippen LogP contribution is 2.13. The highest BCUT2D eigenvalue weighted by Gasteiger charge is 1.97. The van der Waals surface area contributed by atoms with Crippen LogP contribution >= 0.6 is 0 Å². The summed E-state index contributed by atoms with van der Waals surface area (Å²) >= 11 is 0. The lowest BCUT2D eigenvalue weighted by Crippen LogP contribution is -1.98. The first-order valence-corrected chi connectivity index (χ1v) is 9.85. The highest BCUT2D eigenvalue weighted by atomic mass is 16.4. The molecule has 0 fully saturated rings. The van der Waals surface area contributed by atoms with Gasteiger partial charge in [-0.1, -0.05) is 82.3 Å². The molecule has 5 heteroatoms. The van der Waals surface area contributed by atoms with Gasteiger partial charge in [0, 0.05) is 19.2 Å². The second-order valence-electron chi connectivity index (χ2n) is 6.76. The molecule has 1 heterocycles. The number of aliphatic carboxylic acids is 1. The van der Waals surface area contributed by atoms with Crippen molar-refractivity contribution in [3.63, 3.8) is 0 Å². The molecule has 0 unspecified atom stereocenters. The van der Waals surface area contributed by atoms with E-state index in [1.165, 1.54) is 77.0 Å². The fourth-order valence-corrected chi connectivity index (χ4v) is 3.02. The summed E-state index contributed by atoms with van der Waals surface area (Å²) in [7, 11) is 0. The molecule has 0 bridgehead atoms. The molecule has 0 saturated heterocycles. The van der Waals surface area contributed by atoms with Crippen molar-refractivity contribution in [2.24, 2.45) is 0 Å². The molecule has 0 amide bonds. The van der Waals surface area contributed by atoms with Gasteiger partial charge in [-0.25, -0.2) is 0 Å². The van der Waals surface area contributed by atoms with Crippen molar-refractivity contribution in [1.82, 2.24) is 15.0 Å². The number of nitrogens with zero attached hydrogens (tertiary/aromatic N) is 3. The van der Waals surface area contributed by atoms with Crippen molar-refractivity contribution < 1.29 is 9.90 Å². The normalized spacial score (nSPS) is 11.0. The number of rotatable bonds is 17. The van der Waals surface area contributed by atoms with Gasteiger partial charge in [0.05, 0.1) is 6.20 Å². The molecule has 1 aromatic rings. The van der Waals surface area contributed by atoms with Gasteiger partial charge in [-0.05, 0) is 12.8 Å². The molecular formula is C19H35N3O2. The molecule has 1 rings (SSSR count). The third kappa shape index (κ3) is 13.1. The molecule has 0 aliphatic rings. The Labute approximate surface area is 146 Å². The van der Waals surface area contributed by atoms with E-state index in [-0.39, 0.29) is 0 Å². The van der Waals surface area contributed by atoms with Crippen molar-refractivity contribution in [3.8, 4) is 0 Å². The summed E-state index contributed by atoms with van der Waals surface area (Å²) in [6, 6.07) is 0. The second kappa shape index (κ2) is 15.2. The summed E-state index contributed by atoms with van der Waals surface area (Å²) in [5.41, 5.74) is 0. The van der Waals surface area contributed by atoms with Crippen LogP contribution < -0.4 is 0 Å². The van der Waals surface area contributed by atoms with Crippen LogP contribution in [0.3, 0.4) is 0 Å². The molecule has 1 N–H and O–H groups in total. The van der Waals surface area contributed by atoms with Gasteiger partial charge in [0.25, 0.3) is 0 Å². The van der Waals surface area contributed by atoms with Crippen molar-refractivity contribution in [3.05, 3.63) is 12.4 Å². The molecule has 0 atom stereocenters. The highest BCUT2D eigenvalue weighted by molar-refractivity contribution is 5.66. The van der Waals surface area contributed by atoms with Crippen LogP contribution in [0.15, 0.2) is 12.4 Å². The summed E-state index contributed by atoms with van der Waals surface area (Å²) in [5.74, 6) is -0.662. The van der Waals surface area contributed by atoms with E-state index in [0.717, 1.165) is 19.4 Å². The Morgan fingerprint density at radius 1 is 0.750 bits per heavy atom. The minimum atomic E-state index is -0.662. The van der Waals surface area contributed by atoms with Gasteiger partial charge in [0.15, 0.2) is 0 Å². The van der Waals surface area contributed by atoms with Crippen molar-refractivity contribution in [1.29, 1.82) is 0 Å². The molecule has 1 aromatic heterocycles. The molecule has 0 radical (unpaired) electrons. The Kier molecular flexibility index (Phi) is 13.0. The van der Waals surface area contributed by atoms with E-state index >= 15 is 0 Å². The number of carboxylic acids is 1. The lowest BCUT2D eigenvalue weighted by molar-refractivity contribution is -0.137. The maximum absolute atomic E-state index is 10.4. The van der Waals surface area contributed by atoms with Gasteiger partial charge in [0.2, 0.25) is 0 Å². The van der Waals surface area contributed by atoms with Gasteiger partial charge in [-0.3, -0.25) is 9.48 Å². The Morgan fingerprint density at radius 2 is 1.21 bits per heavy atom. The largest absolute Gasteiger partial charge is 0.481 e. The van der Waals surface area contributed by atoms with E-state index in [2.05, 4.69) is 10.3 Å². The van der Waals surface area contributed by atoms with E-state index in [0.29, 0.717) is 6.42 Å². The molecule has 0 aromatic carbocycles. The second-order valence-corrected chi connectivity index (χ2v) is 6.76. The number of aromatic nitrogens is 3. The molecule has 0 aliphatic carbocycles. The van der Waals surface area contributed by atoms with Crippen LogP contribution in [0, 0.1) is 0 Å². The minimum Gasteiger partial charge on any atom is -0.481 e. The predicted molar refractivity (Wildman–Crippen MR) is 96.9 cm³/mol. The fourth-order valence-electron chi connectivity index (χ4n) is 3.02. The maximum atomic E-state index is 10.4. The van der Waals surface area contributed by atoms with Crippen LogP contribution in [-0.4, -0.2) is 26.1 Å². The SMILES string of the molecule is O=C(O)CCCCCCCCCCCCCCCCn1ccnn1. The maximum Gasteiger partial charge on any atom is 0.303 e. The average Bonchev–Trinajstić information content (AvgIpc) is 3.07. The first kappa shape index (κ1) is 20.7. The molecular weight excluding hydrogens is 302 g/mol. The Morgan fingerprint density at radius 3 is 1.62 bits per heavy atom. The molecule has 0 spiro atoms. The third-order valence-corrected chi connectivity index (χ3v) is 4.50. The molecule has 0 saturated carbocycles. The molecule has 138 valence electrons. The summed E-state index contributed by atoms with van der Waals surface area (Å²) in [5, 5.41) is 16.3. The number of aryl methyl sites for hydroxylation is 1. The first-order valence-electron chi connectivity index (χ1n) is 9.85. The summed E-state index contributed by atoms with van der Waals surface area (Å²) < 4.78 is 1.91. The van der Waals surface area contributed by atoms with Crippen molar-refractivity contribution in [2.75, 3.05) is 0 Å². The van der Waals surface area contributed by atoms with E-state index in [9.17, 15) is 4.79 Å². The van der Waals surface area contributed by atoms with Crippen LogP contribution in [0.1, 0.15) is 96.3 Å². The van der Waals surface area contributed by atoms with E-state index < -0.39 is 5.97 Å². The standard InChI is InChI=1S/C19H35N3O2/c23-19(24)15-13-11-9-7-5-3-1-2-4-6-8-10-12-14-17-22-18-16-20-21-22/h16,18H,1-15,17H2,(H,23,24). The zero-order valence-electron chi connectivity index (χ0n) is 15.2. The minimum absolute atomic E-state index is 0.334. The molecule has 0 aliphatic heterocycles. The number of carboxylic acid groups (broad SMARTS) is 1. The number of hydrogen-bond donors (Lipinski definition) is 1. The van der Waals surface area contributed by atoms with E-state index in [4.69, 9.17) is 5.11 Å². The third-order valence-electron chi connectivity index (χ3n) is 4.50.